The molecule has 3 nitrogen and oxygen atoms in total. The number of benzene rings is 9. The van der Waals surface area contributed by atoms with Gasteiger partial charge in [-0.25, -0.2) is 0 Å². The van der Waals surface area contributed by atoms with E-state index in [0.717, 1.165) is 0 Å². The van der Waals surface area contributed by atoms with Gasteiger partial charge in [0.25, 0.3) is 0 Å². The minimum absolute atomic E-state index is 1.23. The summed E-state index contributed by atoms with van der Waals surface area (Å²) in [6.07, 6.45) is 0. The van der Waals surface area contributed by atoms with Crippen molar-refractivity contribution in [2.24, 2.45) is 0 Å². The molecular weight excluding hydrogens is 691 g/mol. The lowest BCUT2D eigenvalue weighted by molar-refractivity contribution is 1.37. The summed E-state index contributed by atoms with van der Waals surface area (Å²) in [5, 5.41) is 15.6. The highest BCUT2D eigenvalue weighted by Crippen LogP contribution is 2.46. The van der Waals surface area contributed by atoms with Crippen molar-refractivity contribution in [3.63, 3.8) is 0 Å². The van der Waals surface area contributed by atoms with Crippen LogP contribution in [0.5, 0.6) is 0 Å². The maximum atomic E-state index is 2.50. The maximum absolute atomic E-state index is 2.50. The predicted octanol–water partition coefficient (Wildman–Crippen LogP) is 14.5. The molecule has 260 valence electrons. The van der Waals surface area contributed by atoms with Crippen molar-refractivity contribution in [1.29, 1.82) is 0 Å². The second kappa shape index (κ2) is 9.78. The van der Waals surface area contributed by atoms with Crippen LogP contribution in [0.4, 0.5) is 0 Å². The zero-order valence-corrected chi connectivity index (χ0v) is 30.6. The molecule has 0 unspecified atom stereocenters. The van der Waals surface area contributed by atoms with Gasteiger partial charge < -0.3 is 13.2 Å². The van der Waals surface area contributed by atoms with E-state index in [1.807, 2.05) is 0 Å². The standard InChI is InChI=1S/C54H29N3/c1-5-16-46-34(10-1)38-14-9-15-39-40-24-30(20-22-50(40)56(46)52(38)39)31-21-23-51-41(25-31)45-29-33(28-44-37-13-4-8-19-49(37)57(51)54(44)45)32-26-42-35-11-2-6-17-47(35)55-48-18-7-3-12-36(48)43(27-32)53(42)55/h1-29H. The van der Waals surface area contributed by atoms with Gasteiger partial charge in [-0.2, -0.15) is 0 Å². The Balaban J connectivity index is 1.01. The lowest BCUT2D eigenvalue weighted by Gasteiger charge is -2.07. The average Bonchev–Trinajstić information content (AvgIpc) is 4.10. The van der Waals surface area contributed by atoms with Gasteiger partial charge in [0.2, 0.25) is 0 Å². The van der Waals surface area contributed by atoms with Crippen LogP contribution in [0.2, 0.25) is 0 Å². The molecule has 0 fully saturated rings. The Morgan fingerprint density at radius 3 is 0.912 bits per heavy atom. The minimum atomic E-state index is 1.23. The predicted molar refractivity (Wildman–Crippen MR) is 241 cm³/mol. The second-order valence-corrected chi connectivity index (χ2v) is 16.1. The van der Waals surface area contributed by atoms with E-state index in [1.54, 1.807) is 0 Å². The number of fused-ring (bicyclic) bond motifs is 18. The molecule has 0 atom stereocenters. The van der Waals surface area contributed by atoms with Gasteiger partial charge in [-0.05, 0) is 95.1 Å². The second-order valence-electron chi connectivity index (χ2n) is 16.1. The Bertz CT molecular complexity index is 4130. The van der Waals surface area contributed by atoms with E-state index in [9.17, 15) is 0 Å². The normalized spacial score (nSPS) is 12.9. The van der Waals surface area contributed by atoms with Gasteiger partial charge in [-0.1, -0.05) is 103 Å². The topological polar surface area (TPSA) is 13.2 Å². The summed E-state index contributed by atoms with van der Waals surface area (Å²) in [6.45, 7) is 0. The summed E-state index contributed by atoms with van der Waals surface area (Å²) in [4.78, 5) is 0. The van der Waals surface area contributed by atoms with Gasteiger partial charge in [0, 0.05) is 64.6 Å². The van der Waals surface area contributed by atoms with Crippen LogP contribution in [-0.2, 0) is 0 Å². The molecule has 57 heavy (non-hydrogen) atoms. The molecule has 0 aliphatic carbocycles. The Kier molecular flexibility index (Phi) is 4.94. The van der Waals surface area contributed by atoms with Crippen LogP contribution in [0.25, 0.3) is 137 Å². The van der Waals surface area contributed by atoms with Gasteiger partial charge in [-0.3, -0.25) is 0 Å². The van der Waals surface area contributed by atoms with Crippen molar-refractivity contribution in [3.05, 3.63) is 176 Å². The number of nitrogens with zero attached hydrogens (tertiary/aromatic N) is 3. The van der Waals surface area contributed by atoms with Crippen molar-refractivity contribution in [2.45, 2.75) is 0 Å². The lowest BCUT2D eigenvalue weighted by Crippen LogP contribution is -1.83. The highest BCUT2D eigenvalue weighted by molar-refractivity contribution is 6.28. The quantitative estimate of drug-likeness (QED) is 0.169. The first kappa shape index (κ1) is 28.8. The fourth-order valence-electron chi connectivity index (χ4n) is 11.1. The van der Waals surface area contributed by atoms with Gasteiger partial charge in [0.15, 0.2) is 0 Å². The molecule has 0 amide bonds. The number of rotatable bonds is 2. The van der Waals surface area contributed by atoms with Crippen LogP contribution < -0.4 is 0 Å². The third-order valence-corrected chi connectivity index (χ3v) is 13.4. The molecule has 0 aliphatic rings. The highest BCUT2D eigenvalue weighted by Gasteiger charge is 2.23. The first-order valence-corrected chi connectivity index (χ1v) is 19.9. The maximum Gasteiger partial charge on any atom is 0.0620 e. The number of aromatic nitrogens is 3. The molecule has 0 aliphatic heterocycles. The summed E-state index contributed by atoms with van der Waals surface area (Å²) in [5.74, 6) is 0. The zero-order valence-electron chi connectivity index (χ0n) is 30.6. The number of hydrogen-bond acceptors (Lipinski definition) is 0. The molecule has 0 saturated heterocycles. The largest absolute Gasteiger partial charge is 0.308 e. The molecule has 0 saturated carbocycles. The molecule has 0 spiro atoms. The van der Waals surface area contributed by atoms with Gasteiger partial charge in [-0.15, -0.1) is 0 Å². The molecule has 6 aromatic heterocycles. The molecule has 6 heterocycles. The molecule has 15 aromatic rings. The Hall–Kier alpha value is -7.62. The first-order valence-electron chi connectivity index (χ1n) is 19.9. The van der Waals surface area contributed by atoms with E-state index in [2.05, 4.69) is 189 Å². The SMILES string of the molecule is c1ccc2c(c1)c1cccc3c4cc(-c5ccc6c(c5)c5cc(-c7cc8c9ccccc9n9c%10ccccc%10c(c7)c89)cc7c8ccccc8n6c75)ccc4n2c13. The van der Waals surface area contributed by atoms with Crippen LogP contribution in [0.3, 0.4) is 0 Å². The van der Waals surface area contributed by atoms with Crippen molar-refractivity contribution < 1.29 is 0 Å². The van der Waals surface area contributed by atoms with Crippen LogP contribution >= 0.6 is 0 Å². The number of hydrogen-bond donors (Lipinski definition) is 0. The van der Waals surface area contributed by atoms with E-state index in [1.165, 1.54) is 137 Å². The van der Waals surface area contributed by atoms with E-state index < -0.39 is 0 Å². The van der Waals surface area contributed by atoms with Crippen LogP contribution in [0.1, 0.15) is 0 Å². The van der Waals surface area contributed by atoms with Gasteiger partial charge in [0.1, 0.15) is 0 Å². The van der Waals surface area contributed by atoms with Crippen LogP contribution in [0, 0.1) is 0 Å². The van der Waals surface area contributed by atoms with Crippen molar-refractivity contribution in [2.75, 3.05) is 0 Å². The van der Waals surface area contributed by atoms with Crippen LogP contribution in [0.15, 0.2) is 176 Å². The van der Waals surface area contributed by atoms with E-state index >= 15 is 0 Å². The van der Waals surface area contributed by atoms with E-state index in [4.69, 9.17) is 0 Å². The Labute approximate surface area is 324 Å². The first-order chi connectivity index (χ1) is 28.3. The third-order valence-electron chi connectivity index (χ3n) is 13.4. The van der Waals surface area contributed by atoms with E-state index in [-0.39, 0.29) is 0 Å². The summed E-state index contributed by atoms with van der Waals surface area (Å²) >= 11 is 0. The van der Waals surface area contributed by atoms with Crippen molar-refractivity contribution in [1.82, 2.24) is 13.2 Å². The average molecular weight is 720 g/mol. The number of para-hydroxylation sites is 5. The van der Waals surface area contributed by atoms with Crippen molar-refractivity contribution >= 4 is 114 Å². The van der Waals surface area contributed by atoms with Gasteiger partial charge >= 0.3 is 0 Å². The molecule has 15 rings (SSSR count). The summed E-state index contributed by atoms with van der Waals surface area (Å²) < 4.78 is 7.42. The Morgan fingerprint density at radius 1 is 0.193 bits per heavy atom. The third kappa shape index (κ3) is 3.35. The van der Waals surface area contributed by atoms with Crippen molar-refractivity contribution in [3.8, 4) is 22.3 Å². The summed E-state index contributed by atoms with van der Waals surface area (Å²) in [5.41, 5.74) is 16.4. The fraction of sp³-hybridized carbons (Fsp3) is 0. The van der Waals surface area contributed by atoms with Crippen LogP contribution in [-0.4, -0.2) is 13.2 Å². The summed E-state index contributed by atoms with van der Waals surface area (Å²) in [7, 11) is 0. The fourth-order valence-corrected chi connectivity index (χ4v) is 11.1. The zero-order chi connectivity index (χ0) is 36.7. The molecular formula is C54H29N3. The van der Waals surface area contributed by atoms with Gasteiger partial charge in [0.05, 0.1) is 49.7 Å². The monoisotopic (exact) mass is 719 g/mol. The molecule has 3 heteroatoms. The molecule has 0 radical (unpaired) electrons. The lowest BCUT2D eigenvalue weighted by atomic mass is 9.95. The minimum Gasteiger partial charge on any atom is -0.308 e. The summed E-state index contributed by atoms with van der Waals surface area (Å²) in [6, 6.07) is 66.2. The molecule has 9 aromatic carbocycles. The smallest absolute Gasteiger partial charge is 0.0620 e. The molecule has 0 N–H and O–H groups in total. The highest BCUT2D eigenvalue weighted by atomic mass is 14.9. The van der Waals surface area contributed by atoms with E-state index in [0.29, 0.717) is 0 Å². The Morgan fingerprint density at radius 2 is 0.474 bits per heavy atom. The molecule has 0 bridgehead atoms.